The smallest absolute Gasteiger partial charge is 0.192 e. The summed E-state index contributed by atoms with van der Waals surface area (Å²) in [6.07, 6.45) is 1.94. The minimum Gasteiger partial charge on any atom is -0.338 e. The van der Waals surface area contributed by atoms with Crippen LogP contribution in [0.3, 0.4) is 0 Å². The Kier molecular flexibility index (Phi) is 3.48. The van der Waals surface area contributed by atoms with Gasteiger partial charge in [-0.15, -0.1) is 11.3 Å². The fourth-order valence-electron chi connectivity index (χ4n) is 2.03. The molecule has 0 saturated carbocycles. The summed E-state index contributed by atoms with van der Waals surface area (Å²) in [6.45, 7) is 0.322. The molecule has 0 bridgehead atoms. The Hall–Kier alpha value is -1.10. The number of carbonyl (C=O) groups is 1. The Morgan fingerprint density at radius 1 is 1.26 bits per heavy atom. The molecule has 0 aliphatic heterocycles. The number of ketones is 1. The largest absolute Gasteiger partial charge is 0.338 e. The van der Waals surface area contributed by atoms with Gasteiger partial charge in [0.2, 0.25) is 0 Å². The van der Waals surface area contributed by atoms with Gasteiger partial charge in [0.25, 0.3) is 0 Å². The van der Waals surface area contributed by atoms with Gasteiger partial charge in [-0.05, 0) is 34.1 Å². The second-order valence-electron chi connectivity index (χ2n) is 4.15. The van der Waals surface area contributed by atoms with Gasteiger partial charge in [0.05, 0.1) is 15.8 Å². The van der Waals surface area contributed by atoms with Gasteiger partial charge in [0.15, 0.2) is 5.78 Å². The molecule has 2 aromatic heterocycles. The van der Waals surface area contributed by atoms with Gasteiger partial charge in [-0.25, -0.2) is 0 Å². The summed E-state index contributed by atoms with van der Waals surface area (Å²) < 4.78 is 3.59. The number of halogens is 2. The second-order valence-corrected chi connectivity index (χ2v) is 6.72. The van der Waals surface area contributed by atoms with Crippen LogP contribution in [0.15, 0.2) is 47.1 Å². The number of thiophene rings is 1. The van der Waals surface area contributed by atoms with Crippen LogP contribution in [0.25, 0.3) is 10.9 Å². The van der Waals surface area contributed by atoms with Gasteiger partial charge in [-0.1, -0.05) is 29.8 Å². The molecule has 3 rings (SSSR count). The highest BCUT2D eigenvalue weighted by molar-refractivity contribution is 9.10. The molecule has 0 fully saturated rings. The quantitative estimate of drug-likeness (QED) is 0.607. The normalized spacial score (nSPS) is 11.1. The number of rotatable bonds is 3. The first-order valence-electron chi connectivity index (χ1n) is 5.67. The first-order chi connectivity index (χ1) is 9.15. The summed E-state index contributed by atoms with van der Waals surface area (Å²) >= 11 is 10.7. The molecule has 0 aliphatic rings. The van der Waals surface area contributed by atoms with E-state index in [0.29, 0.717) is 15.8 Å². The van der Waals surface area contributed by atoms with Crippen LogP contribution in [0.1, 0.15) is 9.67 Å². The zero-order valence-electron chi connectivity index (χ0n) is 9.77. The molecule has 0 unspecified atom stereocenters. The number of hydrogen-bond donors (Lipinski definition) is 0. The number of carbonyl (C=O) groups excluding carboxylic acids is 1. The zero-order valence-corrected chi connectivity index (χ0v) is 12.9. The lowest BCUT2D eigenvalue weighted by Gasteiger charge is -2.02. The van der Waals surface area contributed by atoms with Crippen LogP contribution in [0.4, 0.5) is 0 Å². The van der Waals surface area contributed by atoms with Crippen molar-refractivity contribution < 1.29 is 4.79 Å². The van der Waals surface area contributed by atoms with Crippen LogP contribution >= 0.6 is 38.9 Å². The Morgan fingerprint density at radius 3 is 2.79 bits per heavy atom. The lowest BCUT2D eigenvalue weighted by Crippen LogP contribution is -2.07. The number of para-hydroxylation sites is 1. The molecule has 2 heterocycles. The molecule has 0 atom stereocenters. The van der Waals surface area contributed by atoms with Crippen molar-refractivity contribution in [3.8, 4) is 0 Å². The molecule has 0 spiro atoms. The summed E-state index contributed by atoms with van der Waals surface area (Å²) in [4.78, 5) is 12.9. The molecule has 0 saturated heterocycles. The van der Waals surface area contributed by atoms with Crippen molar-refractivity contribution in [1.29, 1.82) is 0 Å². The van der Waals surface area contributed by atoms with Gasteiger partial charge < -0.3 is 4.57 Å². The van der Waals surface area contributed by atoms with Crippen molar-refractivity contribution in [2.24, 2.45) is 0 Å². The molecule has 2 nitrogen and oxygen atoms in total. The first-order valence-corrected chi connectivity index (χ1v) is 7.66. The highest BCUT2D eigenvalue weighted by Gasteiger charge is 2.12. The van der Waals surface area contributed by atoms with Gasteiger partial charge in [0.1, 0.15) is 0 Å². The van der Waals surface area contributed by atoms with Gasteiger partial charge >= 0.3 is 0 Å². The number of Topliss-reactive ketones (excluding diaryl/α,β-unsaturated/α-hetero) is 1. The van der Waals surface area contributed by atoms with E-state index in [0.717, 1.165) is 15.4 Å². The maximum absolute atomic E-state index is 12.2. The van der Waals surface area contributed by atoms with E-state index < -0.39 is 0 Å². The minimum atomic E-state index is 0.0742. The SMILES string of the molecule is O=C(Cn1cc(Br)c2ccccc21)c1ccc(Cl)s1. The van der Waals surface area contributed by atoms with Crippen molar-refractivity contribution >= 4 is 55.6 Å². The molecular formula is C14H9BrClNOS. The zero-order chi connectivity index (χ0) is 13.4. The summed E-state index contributed by atoms with van der Waals surface area (Å²) in [7, 11) is 0. The van der Waals surface area contributed by atoms with Crippen LogP contribution in [0.2, 0.25) is 4.34 Å². The number of fused-ring (bicyclic) bond motifs is 1. The van der Waals surface area contributed by atoms with E-state index in [9.17, 15) is 4.79 Å². The highest BCUT2D eigenvalue weighted by Crippen LogP contribution is 2.27. The van der Waals surface area contributed by atoms with E-state index in [-0.39, 0.29) is 5.78 Å². The lowest BCUT2D eigenvalue weighted by atomic mass is 10.2. The fourth-order valence-corrected chi connectivity index (χ4v) is 3.58. The third kappa shape index (κ3) is 2.48. The van der Waals surface area contributed by atoms with Crippen LogP contribution in [0.5, 0.6) is 0 Å². The Bertz CT molecular complexity index is 762. The number of nitrogens with zero attached hydrogens (tertiary/aromatic N) is 1. The standard InChI is InChI=1S/C14H9BrClNOS/c15-10-7-17(11-4-2-1-3-9(10)11)8-12(18)13-5-6-14(16)19-13/h1-7H,8H2. The van der Waals surface area contributed by atoms with Gasteiger partial charge in [0, 0.05) is 21.6 Å². The van der Waals surface area contributed by atoms with Gasteiger partial charge in [-0.2, -0.15) is 0 Å². The molecule has 19 heavy (non-hydrogen) atoms. The van der Waals surface area contributed by atoms with E-state index >= 15 is 0 Å². The van der Waals surface area contributed by atoms with Crippen LogP contribution < -0.4 is 0 Å². The average Bonchev–Trinajstić information content (AvgIpc) is 2.96. The van der Waals surface area contributed by atoms with Crippen LogP contribution in [0, 0.1) is 0 Å². The third-order valence-corrected chi connectivity index (χ3v) is 4.81. The maximum Gasteiger partial charge on any atom is 0.192 e. The number of benzene rings is 1. The Balaban J connectivity index is 1.95. The molecular weight excluding hydrogens is 346 g/mol. The fraction of sp³-hybridized carbons (Fsp3) is 0.0714. The molecule has 96 valence electrons. The van der Waals surface area contributed by atoms with E-state index in [1.54, 1.807) is 12.1 Å². The van der Waals surface area contributed by atoms with E-state index in [1.165, 1.54) is 11.3 Å². The second kappa shape index (κ2) is 5.12. The lowest BCUT2D eigenvalue weighted by molar-refractivity contribution is 0.0977. The maximum atomic E-state index is 12.2. The Labute approximate surface area is 127 Å². The molecule has 0 amide bonds. The predicted octanol–water partition coefficient (Wildman–Crippen LogP) is 5.00. The van der Waals surface area contributed by atoms with Crippen LogP contribution in [-0.2, 0) is 6.54 Å². The van der Waals surface area contributed by atoms with Gasteiger partial charge in [-0.3, -0.25) is 4.79 Å². The number of aromatic nitrogens is 1. The molecule has 5 heteroatoms. The first kappa shape index (κ1) is 12.9. The summed E-state index contributed by atoms with van der Waals surface area (Å²) in [6, 6.07) is 11.5. The van der Waals surface area contributed by atoms with E-state index in [2.05, 4.69) is 15.9 Å². The summed E-state index contributed by atoms with van der Waals surface area (Å²) in [5.41, 5.74) is 1.05. The van der Waals surface area contributed by atoms with Crippen molar-refractivity contribution in [2.45, 2.75) is 6.54 Å². The topological polar surface area (TPSA) is 22.0 Å². The van der Waals surface area contributed by atoms with E-state index in [4.69, 9.17) is 11.6 Å². The molecule has 0 radical (unpaired) electrons. The average molecular weight is 355 g/mol. The highest BCUT2D eigenvalue weighted by atomic mass is 79.9. The monoisotopic (exact) mass is 353 g/mol. The van der Waals surface area contributed by atoms with Crippen molar-refractivity contribution in [3.63, 3.8) is 0 Å². The summed E-state index contributed by atoms with van der Waals surface area (Å²) in [5.74, 6) is 0.0742. The van der Waals surface area contributed by atoms with Crippen LogP contribution in [-0.4, -0.2) is 10.4 Å². The molecule has 0 N–H and O–H groups in total. The van der Waals surface area contributed by atoms with Crippen molar-refractivity contribution in [1.82, 2.24) is 4.57 Å². The van der Waals surface area contributed by atoms with E-state index in [1.807, 2.05) is 35.0 Å². The summed E-state index contributed by atoms with van der Waals surface area (Å²) in [5, 5.41) is 1.11. The Morgan fingerprint density at radius 2 is 2.05 bits per heavy atom. The van der Waals surface area contributed by atoms with Crippen molar-refractivity contribution in [3.05, 3.63) is 56.3 Å². The third-order valence-electron chi connectivity index (χ3n) is 2.90. The molecule has 0 aliphatic carbocycles. The van der Waals surface area contributed by atoms with Crippen molar-refractivity contribution in [2.75, 3.05) is 0 Å². The number of hydrogen-bond acceptors (Lipinski definition) is 2. The molecule has 1 aromatic carbocycles. The molecule has 3 aromatic rings. The minimum absolute atomic E-state index is 0.0742. The predicted molar refractivity (Wildman–Crippen MR) is 83.3 cm³/mol.